The van der Waals surface area contributed by atoms with Crippen LogP contribution < -0.4 is 5.32 Å². The molecule has 116 valence electrons. The number of nitro benzene ring substituents is 1. The molecule has 1 heterocycles. The van der Waals surface area contributed by atoms with Gasteiger partial charge in [-0.3, -0.25) is 10.1 Å². The van der Waals surface area contributed by atoms with E-state index >= 15 is 0 Å². The number of nitrogens with one attached hydrogen (secondary N) is 1. The molecule has 1 aliphatic heterocycles. The quantitative estimate of drug-likeness (QED) is 0.476. The topological polar surface area (TPSA) is 55.2 Å². The molecule has 0 amide bonds. The van der Waals surface area contributed by atoms with E-state index < -0.39 is 0 Å². The van der Waals surface area contributed by atoms with E-state index in [1.54, 1.807) is 6.07 Å². The molecular formula is C18H15ClN2O2. The summed E-state index contributed by atoms with van der Waals surface area (Å²) in [6.45, 7) is 0. The van der Waals surface area contributed by atoms with Gasteiger partial charge in [0.15, 0.2) is 0 Å². The standard InChI is InChI=1S/C18H15ClN2O2/c19-16-10-12(21(22)23)9-15-13-7-4-8-14(13)17(20-18(15)16)11-5-2-1-3-6-11/h1-7,9-10,13-14,17,20H,8H2/t13-,14+,17-/m1/s1. The summed E-state index contributed by atoms with van der Waals surface area (Å²) in [4.78, 5) is 10.7. The Bertz CT molecular complexity index is 804. The van der Waals surface area contributed by atoms with Crippen LogP contribution in [-0.2, 0) is 0 Å². The van der Waals surface area contributed by atoms with Crippen molar-refractivity contribution in [3.63, 3.8) is 0 Å². The van der Waals surface area contributed by atoms with Gasteiger partial charge in [0, 0.05) is 18.1 Å². The van der Waals surface area contributed by atoms with Crippen molar-refractivity contribution >= 4 is 23.0 Å². The average molecular weight is 327 g/mol. The molecule has 0 bridgehead atoms. The molecule has 3 atom stereocenters. The van der Waals surface area contributed by atoms with Crippen molar-refractivity contribution in [2.75, 3.05) is 5.32 Å². The highest BCUT2D eigenvalue weighted by atomic mass is 35.5. The van der Waals surface area contributed by atoms with E-state index in [9.17, 15) is 10.1 Å². The third kappa shape index (κ3) is 2.30. The highest BCUT2D eigenvalue weighted by molar-refractivity contribution is 6.33. The van der Waals surface area contributed by atoms with E-state index in [0.717, 1.165) is 17.7 Å². The second-order valence-electron chi connectivity index (χ2n) is 6.04. The van der Waals surface area contributed by atoms with Crippen LogP contribution in [0.5, 0.6) is 0 Å². The normalized spacial score (nSPS) is 24.7. The van der Waals surface area contributed by atoms with Gasteiger partial charge in [-0.05, 0) is 23.5 Å². The number of fused-ring (bicyclic) bond motifs is 3. The molecule has 0 unspecified atom stereocenters. The summed E-state index contributed by atoms with van der Waals surface area (Å²) in [7, 11) is 0. The molecule has 0 saturated carbocycles. The maximum absolute atomic E-state index is 11.1. The first-order valence-electron chi connectivity index (χ1n) is 7.61. The Morgan fingerprint density at radius 3 is 2.74 bits per heavy atom. The molecule has 2 aliphatic rings. The summed E-state index contributed by atoms with van der Waals surface area (Å²) >= 11 is 6.34. The minimum atomic E-state index is -0.386. The Balaban J connectivity index is 1.84. The van der Waals surface area contributed by atoms with Gasteiger partial charge >= 0.3 is 0 Å². The number of halogens is 1. The van der Waals surface area contributed by atoms with Gasteiger partial charge in [-0.1, -0.05) is 54.1 Å². The number of non-ortho nitro benzene ring substituents is 1. The van der Waals surface area contributed by atoms with Crippen molar-refractivity contribution in [3.8, 4) is 0 Å². The molecule has 0 spiro atoms. The van der Waals surface area contributed by atoms with E-state index in [1.165, 1.54) is 11.6 Å². The first kappa shape index (κ1) is 14.3. The number of hydrogen-bond acceptors (Lipinski definition) is 3. The summed E-state index contributed by atoms with van der Waals surface area (Å²) in [5.41, 5.74) is 3.01. The zero-order valence-corrected chi connectivity index (χ0v) is 13.0. The molecule has 2 aromatic rings. The number of nitrogens with zero attached hydrogens (tertiary/aromatic N) is 1. The molecular weight excluding hydrogens is 312 g/mol. The van der Waals surface area contributed by atoms with Crippen LogP contribution in [0.15, 0.2) is 54.6 Å². The van der Waals surface area contributed by atoms with Gasteiger partial charge in [0.05, 0.1) is 21.7 Å². The largest absolute Gasteiger partial charge is 0.376 e. The molecule has 23 heavy (non-hydrogen) atoms. The predicted molar refractivity (Wildman–Crippen MR) is 90.9 cm³/mol. The lowest BCUT2D eigenvalue weighted by Gasteiger charge is -2.37. The molecule has 4 nitrogen and oxygen atoms in total. The smallest absolute Gasteiger partial charge is 0.271 e. The lowest BCUT2D eigenvalue weighted by molar-refractivity contribution is -0.384. The van der Waals surface area contributed by atoms with Crippen LogP contribution in [0.1, 0.15) is 29.5 Å². The average Bonchev–Trinajstić information content (AvgIpc) is 3.04. The Morgan fingerprint density at radius 1 is 1.22 bits per heavy atom. The fraction of sp³-hybridized carbons (Fsp3) is 0.222. The van der Waals surface area contributed by atoms with Crippen molar-refractivity contribution in [2.45, 2.75) is 18.4 Å². The highest BCUT2D eigenvalue weighted by Crippen LogP contribution is 2.52. The number of anilines is 1. The van der Waals surface area contributed by atoms with Crippen molar-refractivity contribution < 1.29 is 4.92 Å². The Morgan fingerprint density at radius 2 is 2.00 bits per heavy atom. The van der Waals surface area contributed by atoms with Gasteiger partial charge < -0.3 is 5.32 Å². The van der Waals surface area contributed by atoms with Crippen molar-refractivity contribution in [1.29, 1.82) is 0 Å². The van der Waals surface area contributed by atoms with Crippen LogP contribution in [0.3, 0.4) is 0 Å². The molecule has 0 fully saturated rings. The zero-order valence-electron chi connectivity index (χ0n) is 12.3. The summed E-state index contributed by atoms with van der Waals surface area (Å²) < 4.78 is 0. The van der Waals surface area contributed by atoms with E-state index in [0.29, 0.717) is 10.9 Å². The van der Waals surface area contributed by atoms with Crippen molar-refractivity contribution in [2.24, 2.45) is 5.92 Å². The zero-order chi connectivity index (χ0) is 16.0. The molecule has 2 aromatic carbocycles. The van der Waals surface area contributed by atoms with Gasteiger partial charge in [0.25, 0.3) is 5.69 Å². The molecule has 0 radical (unpaired) electrons. The molecule has 1 N–H and O–H groups in total. The van der Waals surface area contributed by atoms with Crippen LogP contribution in [0.2, 0.25) is 5.02 Å². The van der Waals surface area contributed by atoms with E-state index in [-0.39, 0.29) is 22.6 Å². The number of allylic oxidation sites excluding steroid dienone is 2. The lowest BCUT2D eigenvalue weighted by Crippen LogP contribution is -2.29. The van der Waals surface area contributed by atoms with Gasteiger partial charge in [0.1, 0.15) is 0 Å². The molecule has 4 rings (SSSR count). The van der Waals surface area contributed by atoms with Crippen LogP contribution in [0.25, 0.3) is 0 Å². The highest BCUT2D eigenvalue weighted by Gasteiger charge is 2.39. The van der Waals surface area contributed by atoms with Crippen molar-refractivity contribution in [1.82, 2.24) is 0 Å². The maximum Gasteiger partial charge on any atom is 0.271 e. The summed E-state index contributed by atoms with van der Waals surface area (Å²) in [6, 6.07) is 13.5. The Labute approximate surface area is 138 Å². The first-order chi connectivity index (χ1) is 11.1. The fourth-order valence-corrected chi connectivity index (χ4v) is 4.01. The summed E-state index contributed by atoms with van der Waals surface area (Å²) in [6.07, 6.45) is 5.27. The summed E-state index contributed by atoms with van der Waals surface area (Å²) in [5.74, 6) is 0.511. The van der Waals surface area contributed by atoms with Crippen molar-refractivity contribution in [3.05, 3.63) is 80.9 Å². The van der Waals surface area contributed by atoms with Gasteiger partial charge in [-0.2, -0.15) is 0 Å². The number of benzene rings is 2. The van der Waals surface area contributed by atoms with Crippen LogP contribution >= 0.6 is 11.6 Å². The molecule has 1 aliphatic carbocycles. The van der Waals surface area contributed by atoms with Gasteiger partial charge in [-0.25, -0.2) is 0 Å². The van der Waals surface area contributed by atoms with Gasteiger partial charge in [0.2, 0.25) is 0 Å². The number of hydrogen-bond donors (Lipinski definition) is 1. The monoisotopic (exact) mass is 326 g/mol. The Hall–Kier alpha value is -2.33. The minimum Gasteiger partial charge on any atom is -0.376 e. The van der Waals surface area contributed by atoms with Crippen LogP contribution in [0.4, 0.5) is 11.4 Å². The third-order valence-corrected chi connectivity index (χ3v) is 5.07. The molecule has 0 aromatic heterocycles. The van der Waals surface area contributed by atoms with E-state index in [4.69, 9.17) is 11.6 Å². The van der Waals surface area contributed by atoms with Crippen LogP contribution in [0, 0.1) is 16.0 Å². The third-order valence-electron chi connectivity index (χ3n) is 4.78. The minimum absolute atomic E-state index is 0.0489. The first-order valence-corrected chi connectivity index (χ1v) is 7.99. The second-order valence-corrected chi connectivity index (χ2v) is 6.44. The lowest BCUT2D eigenvalue weighted by atomic mass is 9.77. The Kier molecular flexibility index (Phi) is 3.34. The maximum atomic E-state index is 11.1. The van der Waals surface area contributed by atoms with Crippen LogP contribution in [-0.4, -0.2) is 4.92 Å². The predicted octanol–water partition coefficient (Wildman–Crippen LogP) is 5.07. The van der Waals surface area contributed by atoms with Gasteiger partial charge in [-0.15, -0.1) is 0 Å². The fourth-order valence-electron chi connectivity index (χ4n) is 3.74. The number of rotatable bonds is 2. The van der Waals surface area contributed by atoms with E-state index in [1.807, 2.05) is 18.2 Å². The molecule has 5 heteroatoms. The second kappa shape index (κ2) is 5.39. The van der Waals surface area contributed by atoms with E-state index in [2.05, 4.69) is 29.6 Å². The summed E-state index contributed by atoms with van der Waals surface area (Å²) in [5, 5.41) is 15.1. The SMILES string of the molecule is O=[N+]([O-])c1cc(Cl)c2c(c1)[C@@H]1C=CC[C@@H]1[C@@H](c1ccccc1)N2. The number of nitro groups is 1. The molecule has 0 saturated heterocycles.